The molecule has 0 atom stereocenters. The van der Waals surface area contributed by atoms with E-state index in [1.165, 1.54) is 0 Å². The Bertz CT molecular complexity index is 431. The van der Waals surface area contributed by atoms with Crippen molar-refractivity contribution < 1.29 is 27.9 Å². The Morgan fingerprint density at radius 1 is 1.24 bits per heavy atom. The molecule has 2 N–H and O–H groups in total. The van der Waals surface area contributed by atoms with Crippen LogP contribution in [0.25, 0.3) is 0 Å². The van der Waals surface area contributed by atoms with E-state index in [1.54, 1.807) is 5.32 Å². The zero-order valence-electron chi connectivity index (χ0n) is 8.41. The smallest absolute Gasteiger partial charge is 0.349 e. The van der Waals surface area contributed by atoms with Gasteiger partial charge >= 0.3 is 11.9 Å². The second-order valence-corrected chi connectivity index (χ2v) is 3.16. The lowest BCUT2D eigenvalue weighted by atomic mass is 10.1. The maximum absolute atomic E-state index is 13.4. The molecular weight excluding hydrogens is 239 g/mol. The van der Waals surface area contributed by atoms with Gasteiger partial charge in [0.15, 0.2) is 0 Å². The molecular formula is C10H8F3NO3. The van der Waals surface area contributed by atoms with E-state index in [1.807, 2.05) is 0 Å². The molecule has 0 aliphatic heterocycles. The molecule has 0 saturated carbocycles. The molecule has 0 aliphatic carbocycles. The number of alkyl halides is 2. The molecule has 0 saturated heterocycles. The average Bonchev–Trinajstić information content (AvgIpc) is 2.26. The van der Waals surface area contributed by atoms with Gasteiger partial charge in [-0.15, -0.1) is 0 Å². The van der Waals surface area contributed by atoms with Crippen LogP contribution in [-0.4, -0.2) is 23.5 Å². The van der Waals surface area contributed by atoms with Crippen molar-refractivity contribution in [1.82, 2.24) is 5.32 Å². The molecule has 4 nitrogen and oxygen atoms in total. The lowest BCUT2D eigenvalue weighted by molar-refractivity contribution is -0.149. The average molecular weight is 247 g/mol. The summed E-state index contributed by atoms with van der Waals surface area (Å²) in [7, 11) is 0. The number of rotatable bonds is 4. The van der Waals surface area contributed by atoms with Crippen LogP contribution in [0.5, 0.6) is 0 Å². The quantitative estimate of drug-likeness (QED) is 0.837. The van der Waals surface area contributed by atoms with Crippen molar-refractivity contribution in [2.45, 2.75) is 5.92 Å². The van der Waals surface area contributed by atoms with Crippen LogP contribution in [0.2, 0.25) is 0 Å². The Kier molecular flexibility index (Phi) is 3.72. The van der Waals surface area contributed by atoms with Gasteiger partial charge in [-0.3, -0.25) is 9.59 Å². The molecule has 7 heteroatoms. The number of carbonyl (C=O) groups is 2. The molecule has 1 rings (SSSR count). The summed E-state index contributed by atoms with van der Waals surface area (Å²) in [5, 5.41) is 9.78. The standard InChI is InChI=1S/C10H8F3NO3/c11-7-3-1-6(2-4-7)10(12,13)9(17)14-5-8(15)16/h1-4H,5H2,(H,14,17)(H,15,16). The molecule has 0 spiro atoms. The van der Waals surface area contributed by atoms with Crippen LogP contribution in [0.15, 0.2) is 24.3 Å². The fourth-order valence-corrected chi connectivity index (χ4v) is 1.06. The van der Waals surface area contributed by atoms with Gasteiger partial charge in [0.25, 0.3) is 5.91 Å². The summed E-state index contributed by atoms with van der Waals surface area (Å²) in [5.74, 6) is -7.79. The van der Waals surface area contributed by atoms with Gasteiger partial charge in [-0.05, 0) is 24.3 Å². The highest BCUT2D eigenvalue weighted by Gasteiger charge is 2.40. The summed E-state index contributed by atoms with van der Waals surface area (Å²) in [6.45, 7) is -0.907. The lowest BCUT2D eigenvalue weighted by Gasteiger charge is -2.15. The molecule has 0 aromatic heterocycles. The number of hydrogen-bond acceptors (Lipinski definition) is 2. The minimum Gasteiger partial charge on any atom is -0.480 e. The Morgan fingerprint density at radius 3 is 2.24 bits per heavy atom. The predicted octanol–water partition coefficient (Wildman–Crippen LogP) is 1.12. The largest absolute Gasteiger partial charge is 0.480 e. The van der Waals surface area contributed by atoms with Gasteiger partial charge in [0.2, 0.25) is 0 Å². The first-order chi connectivity index (χ1) is 7.84. The maximum Gasteiger partial charge on any atom is 0.349 e. The van der Waals surface area contributed by atoms with Gasteiger partial charge < -0.3 is 10.4 Å². The number of hydrogen-bond donors (Lipinski definition) is 2. The minimum absolute atomic E-state index is 0.707. The monoisotopic (exact) mass is 247 g/mol. The zero-order valence-corrected chi connectivity index (χ0v) is 8.41. The summed E-state index contributed by atoms with van der Waals surface area (Å²) in [5.41, 5.74) is -0.707. The van der Waals surface area contributed by atoms with Gasteiger partial charge in [0.05, 0.1) is 0 Å². The molecule has 92 valence electrons. The van der Waals surface area contributed by atoms with E-state index in [-0.39, 0.29) is 0 Å². The minimum atomic E-state index is -3.90. The Hall–Kier alpha value is -2.05. The van der Waals surface area contributed by atoms with Gasteiger partial charge in [-0.2, -0.15) is 8.78 Å². The van der Waals surface area contributed by atoms with E-state index >= 15 is 0 Å². The van der Waals surface area contributed by atoms with E-state index in [2.05, 4.69) is 0 Å². The van der Waals surface area contributed by atoms with Crippen LogP contribution in [-0.2, 0) is 15.5 Å². The van der Waals surface area contributed by atoms with Gasteiger partial charge in [0, 0.05) is 5.56 Å². The van der Waals surface area contributed by atoms with Crippen molar-refractivity contribution in [2.75, 3.05) is 6.54 Å². The third kappa shape index (κ3) is 3.20. The van der Waals surface area contributed by atoms with Gasteiger partial charge in [0.1, 0.15) is 12.4 Å². The number of aliphatic carboxylic acids is 1. The summed E-state index contributed by atoms with van der Waals surface area (Å²) in [6.07, 6.45) is 0. The van der Waals surface area contributed by atoms with Crippen LogP contribution < -0.4 is 5.32 Å². The fourth-order valence-electron chi connectivity index (χ4n) is 1.06. The highest BCUT2D eigenvalue weighted by molar-refractivity contribution is 5.87. The first-order valence-corrected chi connectivity index (χ1v) is 4.48. The van der Waals surface area contributed by atoms with Crippen molar-refractivity contribution >= 4 is 11.9 Å². The van der Waals surface area contributed by atoms with Crippen molar-refractivity contribution in [2.24, 2.45) is 0 Å². The number of amides is 1. The number of halogens is 3. The first-order valence-electron chi connectivity index (χ1n) is 4.48. The van der Waals surface area contributed by atoms with Gasteiger partial charge in [-0.1, -0.05) is 0 Å². The third-order valence-electron chi connectivity index (χ3n) is 1.89. The number of nitrogens with one attached hydrogen (secondary N) is 1. The SMILES string of the molecule is O=C(O)CNC(=O)C(F)(F)c1ccc(F)cc1. The topological polar surface area (TPSA) is 66.4 Å². The molecule has 1 amide bonds. The Labute approximate surface area is 94.1 Å². The zero-order chi connectivity index (χ0) is 13.1. The van der Waals surface area contributed by atoms with Crippen LogP contribution in [0, 0.1) is 5.82 Å². The molecule has 0 bridgehead atoms. The summed E-state index contributed by atoms with van der Waals surface area (Å²) in [4.78, 5) is 21.1. The molecule has 0 heterocycles. The van der Waals surface area contributed by atoms with Crippen LogP contribution in [0.3, 0.4) is 0 Å². The van der Waals surface area contributed by atoms with Gasteiger partial charge in [-0.25, -0.2) is 4.39 Å². The summed E-state index contributed by atoms with van der Waals surface area (Å²) < 4.78 is 39.3. The van der Waals surface area contributed by atoms with Crippen LogP contribution >= 0.6 is 0 Å². The third-order valence-corrected chi connectivity index (χ3v) is 1.89. The highest BCUT2D eigenvalue weighted by Crippen LogP contribution is 2.28. The second kappa shape index (κ2) is 4.86. The number of carbonyl (C=O) groups excluding carboxylic acids is 1. The molecule has 1 aromatic carbocycles. The lowest BCUT2D eigenvalue weighted by Crippen LogP contribution is -2.40. The highest BCUT2D eigenvalue weighted by atomic mass is 19.3. The molecule has 17 heavy (non-hydrogen) atoms. The predicted molar refractivity (Wildman–Crippen MR) is 50.9 cm³/mol. The van der Waals surface area contributed by atoms with E-state index in [4.69, 9.17) is 5.11 Å². The molecule has 1 aromatic rings. The Balaban J connectivity index is 2.82. The molecule has 0 aliphatic rings. The van der Waals surface area contributed by atoms with Crippen molar-refractivity contribution in [3.63, 3.8) is 0 Å². The van der Waals surface area contributed by atoms with Crippen molar-refractivity contribution in [3.8, 4) is 0 Å². The Morgan fingerprint density at radius 2 is 1.76 bits per heavy atom. The van der Waals surface area contributed by atoms with E-state index in [9.17, 15) is 22.8 Å². The van der Waals surface area contributed by atoms with E-state index in [0.717, 1.165) is 24.3 Å². The number of carboxylic acids is 1. The van der Waals surface area contributed by atoms with Crippen LogP contribution in [0.1, 0.15) is 5.56 Å². The first kappa shape index (κ1) is 13.0. The van der Waals surface area contributed by atoms with E-state index in [0.29, 0.717) is 0 Å². The number of benzene rings is 1. The second-order valence-electron chi connectivity index (χ2n) is 3.16. The summed E-state index contributed by atoms with van der Waals surface area (Å²) >= 11 is 0. The molecule has 0 radical (unpaired) electrons. The van der Waals surface area contributed by atoms with Crippen molar-refractivity contribution in [3.05, 3.63) is 35.6 Å². The maximum atomic E-state index is 13.4. The van der Waals surface area contributed by atoms with E-state index < -0.39 is 35.7 Å². The summed E-state index contributed by atoms with van der Waals surface area (Å²) in [6, 6.07) is 3.09. The molecule has 0 fully saturated rings. The molecule has 0 unspecified atom stereocenters. The number of carboxylic acid groups (broad SMARTS) is 1. The van der Waals surface area contributed by atoms with Crippen LogP contribution in [0.4, 0.5) is 13.2 Å². The van der Waals surface area contributed by atoms with Crippen molar-refractivity contribution in [1.29, 1.82) is 0 Å². The normalized spacial score (nSPS) is 11.0. The fraction of sp³-hybridized carbons (Fsp3) is 0.200.